The molecule has 1 amide bonds. The maximum absolute atomic E-state index is 12.7. The van der Waals surface area contributed by atoms with E-state index in [9.17, 15) is 13.2 Å². The smallest absolute Gasteiger partial charge is 0.311 e. The standard InChI is InChI=1S/C20H22N4O4S2/c1-14-7-3-4-8-15(14)12-21-30(26,27)17-11-16(13-29-17)18-22-23-19(28-18)20(25)24-9-5-2-6-10-24/h3-4,7-8,11,13,21H,2,5-6,9-10,12H2,1H3. The van der Waals surface area contributed by atoms with Gasteiger partial charge in [0.15, 0.2) is 0 Å². The molecule has 1 aliphatic heterocycles. The summed E-state index contributed by atoms with van der Waals surface area (Å²) >= 11 is 1.06. The molecule has 0 radical (unpaired) electrons. The van der Waals surface area contributed by atoms with Crippen LogP contribution in [0.1, 0.15) is 41.1 Å². The fourth-order valence-corrected chi connectivity index (χ4v) is 5.49. The van der Waals surface area contributed by atoms with Gasteiger partial charge in [-0.3, -0.25) is 4.79 Å². The van der Waals surface area contributed by atoms with E-state index in [1.165, 1.54) is 6.07 Å². The third-order valence-electron chi connectivity index (χ3n) is 5.05. The Morgan fingerprint density at radius 1 is 1.20 bits per heavy atom. The molecule has 4 rings (SSSR count). The highest BCUT2D eigenvalue weighted by atomic mass is 32.2. The lowest BCUT2D eigenvalue weighted by atomic mass is 10.1. The summed E-state index contributed by atoms with van der Waals surface area (Å²) < 4.78 is 33.6. The molecule has 2 aromatic heterocycles. The minimum Gasteiger partial charge on any atom is -0.412 e. The molecule has 0 saturated carbocycles. The zero-order chi connectivity index (χ0) is 21.1. The largest absolute Gasteiger partial charge is 0.412 e. The second-order valence-corrected chi connectivity index (χ2v) is 10.1. The van der Waals surface area contributed by atoms with Crippen molar-refractivity contribution in [2.24, 2.45) is 0 Å². The van der Waals surface area contributed by atoms with Gasteiger partial charge in [-0.25, -0.2) is 13.1 Å². The van der Waals surface area contributed by atoms with Crippen LogP contribution in [0.2, 0.25) is 0 Å². The number of carbonyl (C=O) groups excluding carboxylic acids is 1. The molecule has 1 aromatic carbocycles. The van der Waals surface area contributed by atoms with Crippen LogP contribution in [-0.2, 0) is 16.6 Å². The number of rotatable bonds is 6. The second kappa shape index (κ2) is 8.66. The van der Waals surface area contributed by atoms with E-state index in [0.29, 0.717) is 18.7 Å². The normalized spacial score (nSPS) is 14.8. The van der Waals surface area contributed by atoms with Crippen molar-refractivity contribution < 1.29 is 17.6 Å². The Morgan fingerprint density at radius 3 is 2.73 bits per heavy atom. The van der Waals surface area contributed by atoms with Crippen molar-refractivity contribution in [3.63, 3.8) is 0 Å². The molecule has 1 fully saturated rings. The number of aromatic nitrogens is 2. The first-order valence-corrected chi connectivity index (χ1v) is 12.1. The summed E-state index contributed by atoms with van der Waals surface area (Å²) in [6, 6.07) is 9.08. The highest BCUT2D eigenvalue weighted by molar-refractivity contribution is 7.91. The van der Waals surface area contributed by atoms with Crippen LogP contribution in [-0.4, -0.2) is 42.5 Å². The highest BCUT2D eigenvalue weighted by Crippen LogP contribution is 2.28. The van der Waals surface area contributed by atoms with Crippen molar-refractivity contribution >= 4 is 27.3 Å². The number of piperidine rings is 1. The lowest BCUT2D eigenvalue weighted by Gasteiger charge is -2.24. The number of amides is 1. The molecule has 0 aliphatic carbocycles. The SMILES string of the molecule is Cc1ccccc1CNS(=O)(=O)c1cc(-c2nnc(C(=O)N3CCCCC3)o2)cs1. The number of hydrogen-bond donors (Lipinski definition) is 1. The molecule has 3 heterocycles. The number of hydrogen-bond acceptors (Lipinski definition) is 7. The van der Waals surface area contributed by atoms with Crippen LogP contribution in [0.25, 0.3) is 11.5 Å². The van der Waals surface area contributed by atoms with Crippen LogP contribution < -0.4 is 4.72 Å². The van der Waals surface area contributed by atoms with Crippen molar-refractivity contribution in [2.75, 3.05) is 13.1 Å². The van der Waals surface area contributed by atoms with Crippen LogP contribution >= 0.6 is 11.3 Å². The zero-order valence-corrected chi connectivity index (χ0v) is 18.1. The predicted molar refractivity (Wildman–Crippen MR) is 113 cm³/mol. The van der Waals surface area contributed by atoms with E-state index >= 15 is 0 Å². The Morgan fingerprint density at radius 2 is 1.97 bits per heavy atom. The van der Waals surface area contributed by atoms with Gasteiger partial charge in [0.25, 0.3) is 0 Å². The number of nitrogens with zero attached hydrogens (tertiary/aromatic N) is 3. The Bertz CT molecular complexity index is 1150. The molecule has 1 N–H and O–H groups in total. The van der Waals surface area contributed by atoms with E-state index in [1.54, 1.807) is 10.3 Å². The molecule has 1 saturated heterocycles. The van der Waals surface area contributed by atoms with Crippen LogP contribution in [0.3, 0.4) is 0 Å². The van der Waals surface area contributed by atoms with E-state index in [1.807, 2.05) is 31.2 Å². The molecule has 30 heavy (non-hydrogen) atoms. The van der Waals surface area contributed by atoms with Gasteiger partial charge in [-0.1, -0.05) is 24.3 Å². The predicted octanol–water partition coefficient (Wildman–Crippen LogP) is 3.21. The van der Waals surface area contributed by atoms with Crippen molar-refractivity contribution in [3.8, 4) is 11.5 Å². The summed E-state index contributed by atoms with van der Waals surface area (Å²) in [6.45, 7) is 3.51. The molecule has 8 nitrogen and oxygen atoms in total. The summed E-state index contributed by atoms with van der Waals surface area (Å²) in [5.74, 6) is -0.219. The summed E-state index contributed by atoms with van der Waals surface area (Å²) in [6.07, 6.45) is 3.05. The lowest BCUT2D eigenvalue weighted by Crippen LogP contribution is -2.35. The quantitative estimate of drug-likeness (QED) is 0.623. The number of aryl methyl sites for hydroxylation is 1. The van der Waals surface area contributed by atoms with Gasteiger partial charge in [0.2, 0.25) is 15.9 Å². The van der Waals surface area contributed by atoms with Gasteiger partial charge in [0, 0.05) is 25.0 Å². The number of nitrogens with one attached hydrogen (secondary N) is 1. The summed E-state index contributed by atoms with van der Waals surface area (Å²) in [5, 5.41) is 9.42. The second-order valence-electron chi connectivity index (χ2n) is 7.17. The van der Waals surface area contributed by atoms with E-state index in [-0.39, 0.29) is 28.4 Å². The summed E-state index contributed by atoms with van der Waals surface area (Å²) in [7, 11) is -3.69. The topological polar surface area (TPSA) is 105 Å². The Kier molecular flexibility index (Phi) is 5.98. The van der Waals surface area contributed by atoms with Crippen molar-refractivity contribution in [3.05, 3.63) is 52.7 Å². The summed E-state index contributed by atoms with van der Waals surface area (Å²) in [4.78, 5) is 14.2. The molecule has 0 spiro atoms. The van der Waals surface area contributed by atoms with Crippen LogP contribution in [0.4, 0.5) is 0 Å². The first-order valence-electron chi connectivity index (χ1n) is 9.70. The molecule has 0 bridgehead atoms. The van der Waals surface area contributed by atoms with Gasteiger partial charge in [-0.15, -0.1) is 21.5 Å². The Labute approximate surface area is 179 Å². The molecule has 0 unspecified atom stereocenters. The number of benzene rings is 1. The van der Waals surface area contributed by atoms with Crippen LogP contribution in [0.15, 0.2) is 44.3 Å². The van der Waals surface area contributed by atoms with Gasteiger partial charge >= 0.3 is 11.8 Å². The van der Waals surface area contributed by atoms with Gasteiger partial charge in [-0.2, -0.15) is 0 Å². The maximum atomic E-state index is 12.7. The van der Waals surface area contributed by atoms with Gasteiger partial charge in [0.1, 0.15) is 4.21 Å². The molecule has 10 heteroatoms. The minimum atomic E-state index is -3.69. The average molecular weight is 447 g/mol. The van der Waals surface area contributed by atoms with Crippen molar-refractivity contribution in [1.82, 2.24) is 19.8 Å². The van der Waals surface area contributed by atoms with Crippen molar-refractivity contribution in [1.29, 1.82) is 0 Å². The zero-order valence-electron chi connectivity index (χ0n) is 16.5. The number of likely N-dealkylation sites (tertiary alicyclic amines) is 1. The highest BCUT2D eigenvalue weighted by Gasteiger charge is 2.25. The van der Waals surface area contributed by atoms with E-state index in [2.05, 4.69) is 14.9 Å². The molecular weight excluding hydrogens is 424 g/mol. The third kappa shape index (κ3) is 4.45. The molecule has 1 aliphatic rings. The third-order valence-corrected chi connectivity index (χ3v) is 7.89. The fourth-order valence-electron chi connectivity index (χ4n) is 3.28. The maximum Gasteiger partial charge on any atom is 0.311 e. The van der Waals surface area contributed by atoms with E-state index in [4.69, 9.17) is 4.42 Å². The lowest BCUT2D eigenvalue weighted by molar-refractivity contribution is 0.0684. The first-order chi connectivity index (χ1) is 14.4. The number of sulfonamides is 1. The molecule has 158 valence electrons. The van der Waals surface area contributed by atoms with Crippen LogP contribution in [0, 0.1) is 6.92 Å². The molecule has 3 aromatic rings. The number of thiophene rings is 1. The van der Waals surface area contributed by atoms with E-state index < -0.39 is 10.0 Å². The van der Waals surface area contributed by atoms with Crippen molar-refractivity contribution in [2.45, 2.75) is 36.9 Å². The van der Waals surface area contributed by atoms with E-state index in [0.717, 1.165) is 41.7 Å². The minimum absolute atomic E-state index is 0.0693. The first kappa shape index (κ1) is 20.7. The average Bonchev–Trinajstić information content (AvgIpc) is 3.43. The van der Waals surface area contributed by atoms with Gasteiger partial charge < -0.3 is 9.32 Å². The number of carbonyl (C=O) groups is 1. The Hall–Kier alpha value is -2.56. The summed E-state index contributed by atoms with van der Waals surface area (Å²) in [5.41, 5.74) is 2.40. The van der Waals surface area contributed by atoms with Gasteiger partial charge in [0.05, 0.1) is 5.56 Å². The Balaban J connectivity index is 1.46. The van der Waals surface area contributed by atoms with Crippen LogP contribution in [0.5, 0.6) is 0 Å². The monoisotopic (exact) mass is 446 g/mol. The fraction of sp³-hybridized carbons (Fsp3) is 0.350. The molecule has 0 atom stereocenters. The molecular formula is C20H22N4O4S2. The van der Waals surface area contributed by atoms with Gasteiger partial charge in [-0.05, 0) is 43.4 Å².